The van der Waals surface area contributed by atoms with Crippen molar-refractivity contribution in [3.8, 4) is 0 Å². The maximum atomic E-state index is 12.2. The van der Waals surface area contributed by atoms with Gasteiger partial charge in [0.05, 0.1) is 25.5 Å². The molecule has 3 rings (SSSR count). The SMILES string of the molecule is Cc1cnn(CC2CN(CCN3C(=O)NC(C)(C)C3=O)CCO2)c1. The van der Waals surface area contributed by atoms with Gasteiger partial charge in [-0.2, -0.15) is 5.10 Å². The summed E-state index contributed by atoms with van der Waals surface area (Å²) in [6.07, 6.45) is 3.90. The molecule has 0 saturated carbocycles. The number of amides is 3. The van der Waals surface area contributed by atoms with Crippen molar-refractivity contribution in [3.05, 3.63) is 18.0 Å². The molecular formula is C16H25N5O3. The molecular weight excluding hydrogens is 310 g/mol. The first-order valence-corrected chi connectivity index (χ1v) is 8.32. The molecule has 0 aliphatic carbocycles. The number of aryl methyl sites for hydroxylation is 1. The lowest BCUT2D eigenvalue weighted by molar-refractivity contribution is -0.130. The molecule has 2 aliphatic rings. The topological polar surface area (TPSA) is 79.7 Å². The van der Waals surface area contributed by atoms with Crippen molar-refractivity contribution in [1.29, 1.82) is 0 Å². The molecule has 1 aromatic rings. The van der Waals surface area contributed by atoms with Gasteiger partial charge in [0, 0.05) is 32.4 Å². The minimum absolute atomic E-state index is 0.0672. The number of carbonyl (C=O) groups excluding carboxylic acids is 2. The number of hydrogen-bond donors (Lipinski definition) is 1. The van der Waals surface area contributed by atoms with Crippen LogP contribution in [0.4, 0.5) is 4.79 Å². The Morgan fingerprint density at radius 2 is 2.17 bits per heavy atom. The van der Waals surface area contributed by atoms with Gasteiger partial charge in [-0.05, 0) is 26.3 Å². The standard InChI is InChI=1S/C16H25N5O3/c1-12-8-17-20(9-12)11-13-10-19(6-7-24-13)4-5-21-14(22)16(2,3)18-15(21)23/h8-9,13H,4-7,10-11H2,1-3H3,(H,18,23). The lowest BCUT2D eigenvalue weighted by Gasteiger charge is -2.33. The van der Waals surface area contributed by atoms with Crippen molar-refractivity contribution in [1.82, 2.24) is 24.9 Å². The van der Waals surface area contributed by atoms with Crippen LogP contribution in [0, 0.1) is 6.92 Å². The molecule has 8 nitrogen and oxygen atoms in total. The number of carbonyl (C=O) groups is 2. The van der Waals surface area contributed by atoms with Crippen molar-refractivity contribution in [2.45, 2.75) is 39.0 Å². The van der Waals surface area contributed by atoms with Crippen molar-refractivity contribution in [3.63, 3.8) is 0 Å². The molecule has 24 heavy (non-hydrogen) atoms. The fourth-order valence-corrected chi connectivity index (χ4v) is 3.13. The zero-order valence-electron chi connectivity index (χ0n) is 14.5. The van der Waals surface area contributed by atoms with Gasteiger partial charge in [0.25, 0.3) is 5.91 Å². The Balaban J connectivity index is 1.51. The zero-order valence-corrected chi connectivity index (χ0v) is 14.5. The highest BCUT2D eigenvalue weighted by Gasteiger charge is 2.44. The zero-order chi connectivity index (χ0) is 17.3. The molecule has 1 N–H and O–H groups in total. The quantitative estimate of drug-likeness (QED) is 0.779. The number of nitrogens with zero attached hydrogens (tertiary/aromatic N) is 4. The van der Waals surface area contributed by atoms with Crippen LogP contribution in [0.3, 0.4) is 0 Å². The van der Waals surface area contributed by atoms with E-state index in [-0.39, 0.29) is 18.0 Å². The van der Waals surface area contributed by atoms with Gasteiger partial charge in [0.2, 0.25) is 0 Å². The van der Waals surface area contributed by atoms with Crippen LogP contribution in [-0.4, -0.2) is 75.9 Å². The van der Waals surface area contributed by atoms with Gasteiger partial charge in [-0.1, -0.05) is 0 Å². The minimum Gasteiger partial charge on any atom is -0.374 e. The summed E-state index contributed by atoms with van der Waals surface area (Å²) < 4.78 is 7.70. The summed E-state index contributed by atoms with van der Waals surface area (Å²) in [5.41, 5.74) is 0.326. The van der Waals surface area contributed by atoms with Crippen molar-refractivity contribution < 1.29 is 14.3 Å². The fourth-order valence-electron chi connectivity index (χ4n) is 3.13. The number of imide groups is 1. The van der Waals surface area contributed by atoms with Crippen LogP contribution in [0.2, 0.25) is 0 Å². The van der Waals surface area contributed by atoms with E-state index < -0.39 is 5.54 Å². The normalized spacial score (nSPS) is 24.5. The van der Waals surface area contributed by atoms with Gasteiger partial charge >= 0.3 is 6.03 Å². The van der Waals surface area contributed by atoms with Crippen LogP contribution in [0.25, 0.3) is 0 Å². The number of morpholine rings is 1. The van der Waals surface area contributed by atoms with E-state index >= 15 is 0 Å². The first-order valence-electron chi connectivity index (χ1n) is 8.32. The van der Waals surface area contributed by atoms with Crippen LogP contribution < -0.4 is 5.32 Å². The maximum Gasteiger partial charge on any atom is 0.325 e. The monoisotopic (exact) mass is 335 g/mol. The molecule has 0 spiro atoms. The fraction of sp³-hybridized carbons (Fsp3) is 0.688. The number of urea groups is 1. The third kappa shape index (κ3) is 3.59. The predicted molar refractivity (Wildman–Crippen MR) is 87.5 cm³/mol. The van der Waals surface area contributed by atoms with Gasteiger partial charge < -0.3 is 10.1 Å². The number of ether oxygens (including phenoxy) is 1. The van der Waals surface area contributed by atoms with Crippen LogP contribution >= 0.6 is 0 Å². The number of rotatable bonds is 5. The first kappa shape index (κ1) is 16.9. The van der Waals surface area contributed by atoms with Gasteiger partial charge in [-0.3, -0.25) is 19.3 Å². The molecule has 2 saturated heterocycles. The molecule has 0 bridgehead atoms. The maximum absolute atomic E-state index is 12.2. The van der Waals surface area contributed by atoms with E-state index in [9.17, 15) is 9.59 Å². The summed E-state index contributed by atoms with van der Waals surface area (Å²) in [6.45, 7) is 9.46. The minimum atomic E-state index is -0.803. The van der Waals surface area contributed by atoms with Gasteiger partial charge in [0.15, 0.2) is 0 Å². The lowest BCUT2D eigenvalue weighted by Crippen LogP contribution is -2.48. The molecule has 1 aromatic heterocycles. The Hall–Kier alpha value is -1.93. The molecule has 1 unspecified atom stereocenters. The molecule has 3 heterocycles. The third-order valence-electron chi connectivity index (χ3n) is 4.46. The van der Waals surface area contributed by atoms with Gasteiger partial charge in [-0.15, -0.1) is 0 Å². The Morgan fingerprint density at radius 1 is 1.38 bits per heavy atom. The van der Waals surface area contributed by atoms with Gasteiger partial charge in [-0.25, -0.2) is 4.79 Å². The first-order chi connectivity index (χ1) is 11.3. The van der Waals surface area contributed by atoms with Crippen molar-refractivity contribution in [2.24, 2.45) is 0 Å². The van der Waals surface area contributed by atoms with E-state index in [1.165, 1.54) is 4.90 Å². The average molecular weight is 335 g/mol. The Kier molecular flexibility index (Phi) is 4.60. The van der Waals surface area contributed by atoms with Crippen LogP contribution in [0.15, 0.2) is 12.4 Å². The molecule has 0 radical (unpaired) electrons. The average Bonchev–Trinajstić information content (AvgIpc) is 2.99. The highest BCUT2D eigenvalue weighted by atomic mass is 16.5. The number of nitrogens with one attached hydrogen (secondary N) is 1. The second-order valence-electron chi connectivity index (χ2n) is 7.05. The lowest BCUT2D eigenvalue weighted by atomic mass is 10.1. The summed E-state index contributed by atoms with van der Waals surface area (Å²) >= 11 is 0. The highest BCUT2D eigenvalue weighted by Crippen LogP contribution is 2.16. The van der Waals surface area contributed by atoms with Crippen molar-refractivity contribution >= 4 is 11.9 Å². The summed E-state index contributed by atoms with van der Waals surface area (Å²) in [7, 11) is 0. The summed E-state index contributed by atoms with van der Waals surface area (Å²) in [5.74, 6) is -0.163. The van der Waals surface area contributed by atoms with Crippen LogP contribution in [0.5, 0.6) is 0 Å². The highest BCUT2D eigenvalue weighted by molar-refractivity contribution is 6.06. The van der Waals surface area contributed by atoms with E-state index in [1.54, 1.807) is 13.8 Å². The van der Waals surface area contributed by atoms with Crippen molar-refractivity contribution in [2.75, 3.05) is 32.8 Å². The third-order valence-corrected chi connectivity index (χ3v) is 4.46. The molecule has 2 aliphatic heterocycles. The predicted octanol–water partition coefficient (Wildman–Crippen LogP) is 0.223. The van der Waals surface area contributed by atoms with E-state index in [0.717, 1.165) is 18.7 Å². The Labute approximate surface area is 141 Å². The van der Waals surface area contributed by atoms with Crippen LogP contribution in [0.1, 0.15) is 19.4 Å². The molecule has 1 atom stereocenters. The second-order valence-corrected chi connectivity index (χ2v) is 7.05. The summed E-state index contributed by atoms with van der Waals surface area (Å²) in [6, 6.07) is -0.304. The number of hydrogen-bond acceptors (Lipinski definition) is 5. The largest absolute Gasteiger partial charge is 0.374 e. The molecule has 0 aromatic carbocycles. The van der Waals surface area contributed by atoms with E-state index in [2.05, 4.69) is 15.3 Å². The molecule has 3 amide bonds. The summed E-state index contributed by atoms with van der Waals surface area (Å²) in [5, 5.41) is 7.00. The molecule has 8 heteroatoms. The van der Waals surface area contributed by atoms with E-state index in [1.807, 2.05) is 24.0 Å². The van der Waals surface area contributed by atoms with Crippen LogP contribution in [-0.2, 0) is 16.1 Å². The van der Waals surface area contributed by atoms with E-state index in [4.69, 9.17) is 4.74 Å². The smallest absolute Gasteiger partial charge is 0.325 e. The van der Waals surface area contributed by atoms with Gasteiger partial charge in [0.1, 0.15) is 5.54 Å². The van der Waals surface area contributed by atoms with E-state index in [0.29, 0.717) is 26.2 Å². The molecule has 2 fully saturated rings. The number of aromatic nitrogens is 2. The summed E-state index contributed by atoms with van der Waals surface area (Å²) in [4.78, 5) is 27.7. The Morgan fingerprint density at radius 3 is 2.79 bits per heavy atom. The Bertz CT molecular complexity index is 627. The second kappa shape index (κ2) is 6.52. The molecule has 132 valence electrons.